The molecule has 0 unspecified atom stereocenters. The van der Waals surface area contributed by atoms with Crippen LogP contribution < -0.4 is 10.5 Å². The summed E-state index contributed by atoms with van der Waals surface area (Å²) in [6, 6.07) is 31.8. The second-order valence-corrected chi connectivity index (χ2v) is 9.31. The highest BCUT2D eigenvalue weighted by Crippen LogP contribution is 2.27. The van der Waals surface area contributed by atoms with E-state index in [4.69, 9.17) is 10.5 Å². The Morgan fingerprint density at radius 2 is 1.45 bits per heavy atom. The van der Waals surface area contributed by atoms with Crippen LogP contribution in [-0.4, -0.2) is 30.5 Å². The first-order chi connectivity index (χ1) is 18.5. The summed E-state index contributed by atoms with van der Waals surface area (Å²) in [6.07, 6.45) is 0.597. The Morgan fingerprint density at radius 3 is 2.05 bits per heavy atom. The molecule has 0 aliphatic carbocycles. The normalized spacial score (nSPS) is 11.2. The third-order valence-corrected chi connectivity index (χ3v) is 6.45. The Hall–Kier alpha value is -4.03. The molecule has 38 heavy (non-hydrogen) atoms. The van der Waals surface area contributed by atoms with Crippen molar-refractivity contribution in [2.75, 3.05) is 19.7 Å². The molecule has 4 aromatic carbocycles. The van der Waals surface area contributed by atoms with E-state index in [-0.39, 0.29) is 23.9 Å². The molecule has 0 aliphatic rings. The summed E-state index contributed by atoms with van der Waals surface area (Å²) in [4.78, 5) is 13.3. The molecular formula is C32H32F2N2O2. The van der Waals surface area contributed by atoms with Crippen LogP contribution in [0.3, 0.4) is 0 Å². The van der Waals surface area contributed by atoms with Gasteiger partial charge in [0.25, 0.3) is 0 Å². The van der Waals surface area contributed by atoms with E-state index in [2.05, 4.69) is 29.2 Å². The second kappa shape index (κ2) is 13.5. The number of amides is 1. The Morgan fingerprint density at radius 1 is 0.816 bits per heavy atom. The zero-order valence-electron chi connectivity index (χ0n) is 21.2. The van der Waals surface area contributed by atoms with Gasteiger partial charge in [-0.3, -0.25) is 9.69 Å². The van der Waals surface area contributed by atoms with Crippen molar-refractivity contribution in [3.05, 3.63) is 137 Å². The van der Waals surface area contributed by atoms with Crippen LogP contribution in [0.4, 0.5) is 8.78 Å². The van der Waals surface area contributed by atoms with E-state index < -0.39 is 11.7 Å². The molecule has 0 aromatic heterocycles. The van der Waals surface area contributed by atoms with Crippen LogP contribution in [0, 0.1) is 11.6 Å². The molecule has 196 valence electrons. The maximum atomic E-state index is 14.6. The highest BCUT2D eigenvalue weighted by molar-refractivity contribution is 5.76. The number of nitrogens with two attached hydrogens (primary N) is 1. The molecule has 0 aliphatic heterocycles. The number of rotatable bonds is 13. The Balaban J connectivity index is 1.47. The summed E-state index contributed by atoms with van der Waals surface area (Å²) in [5, 5.41) is 0. The van der Waals surface area contributed by atoms with E-state index in [1.807, 2.05) is 48.5 Å². The average molecular weight is 515 g/mol. The molecule has 4 aromatic rings. The first kappa shape index (κ1) is 27.0. The van der Waals surface area contributed by atoms with Crippen LogP contribution in [0.5, 0.6) is 5.75 Å². The summed E-state index contributed by atoms with van der Waals surface area (Å²) >= 11 is 0. The highest BCUT2D eigenvalue weighted by atomic mass is 19.1. The van der Waals surface area contributed by atoms with Crippen molar-refractivity contribution < 1.29 is 18.3 Å². The SMILES string of the molecule is NC(=O)Cc1ccc(OCCCN(Cc2ccccc2F)CC(c2ccccc2)c2ccccc2)c(F)c1. The van der Waals surface area contributed by atoms with E-state index >= 15 is 0 Å². The Kier molecular flexibility index (Phi) is 9.59. The van der Waals surface area contributed by atoms with Crippen LogP contribution in [-0.2, 0) is 17.8 Å². The predicted octanol–water partition coefficient (Wildman–Crippen LogP) is 6.10. The van der Waals surface area contributed by atoms with Gasteiger partial charge in [-0.2, -0.15) is 0 Å². The largest absolute Gasteiger partial charge is 0.490 e. The first-order valence-corrected chi connectivity index (χ1v) is 12.7. The van der Waals surface area contributed by atoms with Gasteiger partial charge in [0.15, 0.2) is 11.6 Å². The Bertz CT molecular complexity index is 1280. The molecule has 0 heterocycles. The van der Waals surface area contributed by atoms with Crippen molar-refractivity contribution in [2.24, 2.45) is 5.73 Å². The molecule has 1 amide bonds. The first-order valence-electron chi connectivity index (χ1n) is 12.7. The summed E-state index contributed by atoms with van der Waals surface area (Å²) in [7, 11) is 0. The van der Waals surface area contributed by atoms with Crippen LogP contribution in [0.2, 0.25) is 0 Å². The van der Waals surface area contributed by atoms with Gasteiger partial charge in [0, 0.05) is 31.1 Å². The van der Waals surface area contributed by atoms with Gasteiger partial charge in [-0.1, -0.05) is 84.9 Å². The lowest BCUT2D eigenvalue weighted by Gasteiger charge is -2.28. The van der Waals surface area contributed by atoms with Gasteiger partial charge in [-0.05, 0) is 41.3 Å². The number of nitrogens with zero attached hydrogens (tertiary/aromatic N) is 1. The number of ether oxygens (including phenoxy) is 1. The smallest absolute Gasteiger partial charge is 0.221 e. The van der Waals surface area contributed by atoms with Gasteiger partial charge in [0.05, 0.1) is 13.0 Å². The lowest BCUT2D eigenvalue weighted by molar-refractivity contribution is -0.117. The summed E-state index contributed by atoms with van der Waals surface area (Å²) in [5.41, 5.74) is 8.70. The number of hydrogen-bond acceptors (Lipinski definition) is 3. The van der Waals surface area contributed by atoms with E-state index in [0.29, 0.717) is 43.8 Å². The third-order valence-electron chi connectivity index (χ3n) is 6.45. The van der Waals surface area contributed by atoms with Crippen molar-refractivity contribution in [3.8, 4) is 5.75 Å². The van der Waals surface area contributed by atoms with Gasteiger partial charge in [-0.15, -0.1) is 0 Å². The third kappa shape index (κ3) is 7.73. The van der Waals surface area contributed by atoms with E-state index in [9.17, 15) is 13.6 Å². The predicted molar refractivity (Wildman–Crippen MR) is 146 cm³/mol. The molecule has 0 saturated heterocycles. The lowest BCUT2D eigenvalue weighted by Crippen LogP contribution is -2.31. The van der Waals surface area contributed by atoms with Crippen LogP contribution in [0.15, 0.2) is 103 Å². The number of carbonyl (C=O) groups is 1. The number of benzene rings is 4. The molecule has 0 saturated carbocycles. The van der Waals surface area contributed by atoms with Crippen molar-refractivity contribution in [3.63, 3.8) is 0 Å². The van der Waals surface area contributed by atoms with Crippen molar-refractivity contribution >= 4 is 5.91 Å². The lowest BCUT2D eigenvalue weighted by atomic mass is 9.90. The molecule has 4 rings (SSSR count). The fourth-order valence-electron chi connectivity index (χ4n) is 4.58. The monoisotopic (exact) mass is 514 g/mol. The zero-order valence-corrected chi connectivity index (χ0v) is 21.2. The highest BCUT2D eigenvalue weighted by Gasteiger charge is 2.19. The minimum absolute atomic E-state index is 0.0216. The molecular weight excluding hydrogens is 482 g/mol. The van der Waals surface area contributed by atoms with Gasteiger partial charge >= 0.3 is 0 Å². The van der Waals surface area contributed by atoms with Crippen molar-refractivity contribution in [1.82, 2.24) is 4.90 Å². The van der Waals surface area contributed by atoms with Crippen LogP contribution in [0.25, 0.3) is 0 Å². The van der Waals surface area contributed by atoms with E-state index in [1.165, 1.54) is 29.3 Å². The standard InChI is InChI=1S/C32H32F2N2O2/c33-29-15-8-7-14-27(29)22-36(18-9-19-38-31-17-16-24(20-30(31)34)21-32(35)37)23-28(25-10-3-1-4-11-25)26-12-5-2-6-13-26/h1-8,10-17,20,28H,9,18-19,21-23H2,(H2,35,37). The van der Waals surface area contributed by atoms with Gasteiger partial charge in [0.1, 0.15) is 5.82 Å². The topological polar surface area (TPSA) is 55.6 Å². The van der Waals surface area contributed by atoms with Crippen molar-refractivity contribution in [1.29, 1.82) is 0 Å². The number of primary amides is 1. The van der Waals surface area contributed by atoms with Crippen LogP contribution >= 0.6 is 0 Å². The molecule has 0 bridgehead atoms. The van der Waals surface area contributed by atoms with E-state index in [0.717, 1.165) is 0 Å². The maximum Gasteiger partial charge on any atom is 0.221 e. The summed E-state index contributed by atoms with van der Waals surface area (Å²) < 4.78 is 34.7. The molecule has 2 N–H and O–H groups in total. The van der Waals surface area contributed by atoms with Crippen LogP contribution in [0.1, 0.15) is 34.6 Å². The molecule has 0 spiro atoms. The molecule has 6 heteroatoms. The molecule has 0 radical (unpaired) electrons. The zero-order chi connectivity index (χ0) is 26.7. The van der Waals surface area contributed by atoms with E-state index in [1.54, 1.807) is 12.1 Å². The van der Waals surface area contributed by atoms with Gasteiger partial charge in [-0.25, -0.2) is 8.78 Å². The fourth-order valence-corrected chi connectivity index (χ4v) is 4.58. The van der Waals surface area contributed by atoms with Gasteiger partial charge in [0.2, 0.25) is 5.91 Å². The number of hydrogen-bond donors (Lipinski definition) is 1. The maximum absolute atomic E-state index is 14.6. The number of halogens is 2. The Labute approximate surface area is 222 Å². The minimum atomic E-state index is -0.528. The average Bonchev–Trinajstić information content (AvgIpc) is 2.92. The van der Waals surface area contributed by atoms with Gasteiger partial charge < -0.3 is 10.5 Å². The molecule has 0 atom stereocenters. The minimum Gasteiger partial charge on any atom is -0.490 e. The quantitative estimate of drug-likeness (QED) is 0.220. The second-order valence-electron chi connectivity index (χ2n) is 9.31. The summed E-state index contributed by atoms with van der Waals surface area (Å²) in [6.45, 7) is 2.05. The summed E-state index contributed by atoms with van der Waals surface area (Å²) in [5.74, 6) is -1.05. The molecule has 4 nitrogen and oxygen atoms in total. The molecule has 0 fully saturated rings. The fraction of sp³-hybridized carbons (Fsp3) is 0.219. The number of carbonyl (C=O) groups excluding carboxylic acids is 1. The van der Waals surface area contributed by atoms with Crippen molar-refractivity contribution in [2.45, 2.75) is 25.3 Å².